The number of amides is 1. The third-order valence-electron chi connectivity index (χ3n) is 4.41. The molecule has 0 unspecified atom stereocenters. The van der Waals surface area contributed by atoms with Crippen LogP contribution in [-0.4, -0.2) is 34.5 Å². The number of sulfonamides is 1. The molecule has 0 saturated heterocycles. The Balaban J connectivity index is 1.60. The minimum Gasteiger partial charge on any atom is -0.497 e. The van der Waals surface area contributed by atoms with Crippen molar-refractivity contribution in [1.29, 1.82) is 0 Å². The van der Waals surface area contributed by atoms with E-state index < -0.39 is 10.0 Å². The number of carbonyl (C=O) groups is 1. The first-order chi connectivity index (χ1) is 12.5. The zero-order valence-corrected chi connectivity index (χ0v) is 15.5. The maximum absolute atomic E-state index is 12.5. The minimum atomic E-state index is -3.65. The molecule has 0 bridgehead atoms. The van der Waals surface area contributed by atoms with E-state index >= 15 is 0 Å². The lowest BCUT2D eigenvalue weighted by atomic mass is 10.0. The predicted octanol–water partition coefficient (Wildman–Crippen LogP) is 2.34. The van der Waals surface area contributed by atoms with Gasteiger partial charge in [0.1, 0.15) is 5.75 Å². The number of ether oxygens (including phenoxy) is 1. The number of para-hydroxylation sites is 1. The van der Waals surface area contributed by atoms with Crippen molar-refractivity contribution in [2.75, 3.05) is 25.1 Å². The zero-order valence-electron chi connectivity index (χ0n) is 14.6. The number of rotatable bonds is 6. The van der Waals surface area contributed by atoms with Gasteiger partial charge in [-0.1, -0.05) is 18.2 Å². The topological polar surface area (TPSA) is 75.7 Å². The van der Waals surface area contributed by atoms with Crippen molar-refractivity contribution in [3.63, 3.8) is 0 Å². The van der Waals surface area contributed by atoms with E-state index in [1.54, 1.807) is 17.0 Å². The molecule has 1 amide bonds. The highest BCUT2D eigenvalue weighted by Gasteiger charge is 2.22. The Labute approximate surface area is 153 Å². The molecule has 1 heterocycles. The smallest absolute Gasteiger partial charge is 0.240 e. The van der Waals surface area contributed by atoms with Crippen LogP contribution in [0.2, 0.25) is 0 Å². The first-order valence-electron chi connectivity index (χ1n) is 8.53. The van der Waals surface area contributed by atoms with Crippen molar-refractivity contribution in [1.82, 2.24) is 4.72 Å². The third-order valence-corrected chi connectivity index (χ3v) is 5.89. The normalized spacial score (nSPS) is 14.0. The van der Waals surface area contributed by atoms with Crippen LogP contribution in [0.3, 0.4) is 0 Å². The van der Waals surface area contributed by atoms with Crippen molar-refractivity contribution in [2.24, 2.45) is 0 Å². The molecule has 2 aromatic carbocycles. The summed E-state index contributed by atoms with van der Waals surface area (Å²) < 4.78 is 32.1. The molecule has 26 heavy (non-hydrogen) atoms. The molecule has 7 heteroatoms. The molecule has 0 atom stereocenters. The number of aryl methyl sites for hydroxylation is 1. The lowest BCUT2D eigenvalue weighted by molar-refractivity contribution is -0.118. The highest BCUT2D eigenvalue weighted by molar-refractivity contribution is 7.89. The quantitative estimate of drug-likeness (QED) is 0.842. The molecule has 0 radical (unpaired) electrons. The lowest BCUT2D eigenvalue weighted by Crippen LogP contribution is -2.37. The summed E-state index contributed by atoms with van der Waals surface area (Å²) in [6, 6.07) is 14.0. The third kappa shape index (κ3) is 4.05. The molecule has 1 N–H and O–H groups in total. The maximum atomic E-state index is 12.5. The number of nitrogens with one attached hydrogen (secondary N) is 1. The van der Waals surface area contributed by atoms with E-state index in [0.29, 0.717) is 12.3 Å². The average Bonchev–Trinajstić information content (AvgIpc) is 2.67. The number of methoxy groups -OCH3 is 1. The molecule has 1 aliphatic rings. The van der Waals surface area contributed by atoms with Crippen LogP contribution in [0.1, 0.15) is 18.4 Å². The Bertz CT molecular complexity index is 879. The maximum Gasteiger partial charge on any atom is 0.240 e. The van der Waals surface area contributed by atoms with Crippen molar-refractivity contribution >= 4 is 21.6 Å². The second-order valence-corrected chi connectivity index (χ2v) is 7.87. The van der Waals surface area contributed by atoms with Crippen molar-refractivity contribution < 1.29 is 17.9 Å². The van der Waals surface area contributed by atoms with Gasteiger partial charge in [0.05, 0.1) is 12.0 Å². The van der Waals surface area contributed by atoms with Crippen LogP contribution in [0.15, 0.2) is 53.4 Å². The molecule has 3 rings (SSSR count). The number of benzene rings is 2. The standard InChI is InChI=1S/C19H22N2O4S/c1-25-16-8-10-17(11-9-16)26(23,24)20-13-12-19(22)21-14-4-6-15-5-2-3-7-18(15)21/h2-3,5,7-11,20H,4,6,12-14H2,1H3. The number of hydrogen-bond acceptors (Lipinski definition) is 4. The largest absolute Gasteiger partial charge is 0.497 e. The summed E-state index contributed by atoms with van der Waals surface area (Å²) >= 11 is 0. The highest BCUT2D eigenvalue weighted by atomic mass is 32.2. The van der Waals surface area contributed by atoms with Crippen LogP contribution in [0.25, 0.3) is 0 Å². The Kier molecular flexibility index (Phi) is 5.58. The van der Waals surface area contributed by atoms with E-state index in [-0.39, 0.29) is 23.8 Å². The van der Waals surface area contributed by atoms with Crippen molar-refractivity contribution in [3.05, 3.63) is 54.1 Å². The summed E-state index contributed by atoms with van der Waals surface area (Å²) in [5.41, 5.74) is 2.09. The predicted molar refractivity (Wildman–Crippen MR) is 99.9 cm³/mol. The van der Waals surface area contributed by atoms with E-state index in [2.05, 4.69) is 4.72 Å². The van der Waals surface area contributed by atoms with Gasteiger partial charge in [0.15, 0.2) is 0 Å². The van der Waals surface area contributed by atoms with Crippen molar-refractivity contribution in [2.45, 2.75) is 24.2 Å². The second kappa shape index (κ2) is 7.88. The van der Waals surface area contributed by atoms with E-state index in [4.69, 9.17) is 4.74 Å². The number of nitrogens with zero attached hydrogens (tertiary/aromatic N) is 1. The van der Waals surface area contributed by atoms with Crippen molar-refractivity contribution in [3.8, 4) is 5.75 Å². The van der Waals surface area contributed by atoms with Gasteiger partial charge in [-0.15, -0.1) is 0 Å². The molecule has 1 aliphatic heterocycles. The van der Waals surface area contributed by atoms with E-state index in [0.717, 1.165) is 24.1 Å². The molecule has 0 aliphatic carbocycles. The average molecular weight is 374 g/mol. The van der Waals surface area contributed by atoms with Crippen LogP contribution in [0.5, 0.6) is 5.75 Å². The molecule has 6 nitrogen and oxygen atoms in total. The van der Waals surface area contributed by atoms with Crippen LogP contribution < -0.4 is 14.4 Å². The molecule has 0 aromatic heterocycles. The summed E-state index contributed by atoms with van der Waals surface area (Å²) in [5, 5.41) is 0. The molecular formula is C19H22N2O4S. The summed E-state index contributed by atoms with van der Waals surface area (Å²) in [7, 11) is -2.13. The summed E-state index contributed by atoms with van der Waals surface area (Å²) in [5.74, 6) is 0.512. The van der Waals surface area contributed by atoms with Gasteiger partial charge in [-0.05, 0) is 48.7 Å². The molecule has 2 aromatic rings. The van der Waals surface area contributed by atoms with Gasteiger partial charge in [0.25, 0.3) is 0 Å². The number of fused-ring (bicyclic) bond motifs is 1. The van der Waals surface area contributed by atoms with Gasteiger partial charge >= 0.3 is 0 Å². The number of anilines is 1. The first-order valence-corrected chi connectivity index (χ1v) is 10.0. The lowest BCUT2D eigenvalue weighted by Gasteiger charge is -2.29. The summed E-state index contributed by atoms with van der Waals surface area (Å²) in [6.45, 7) is 0.729. The van der Waals surface area contributed by atoms with E-state index in [1.807, 2.05) is 24.3 Å². The second-order valence-electron chi connectivity index (χ2n) is 6.10. The van der Waals surface area contributed by atoms with Gasteiger partial charge in [-0.2, -0.15) is 0 Å². The van der Waals surface area contributed by atoms with Crippen LogP contribution in [0, 0.1) is 0 Å². The van der Waals surface area contributed by atoms with Crippen LogP contribution in [-0.2, 0) is 21.2 Å². The van der Waals surface area contributed by atoms with Crippen LogP contribution >= 0.6 is 0 Å². The van der Waals surface area contributed by atoms with E-state index in [9.17, 15) is 13.2 Å². The van der Waals surface area contributed by atoms with Gasteiger partial charge < -0.3 is 9.64 Å². The fourth-order valence-corrected chi connectivity index (χ4v) is 4.09. The highest BCUT2D eigenvalue weighted by Crippen LogP contribution is 2.27. The fourth-order valence-electron chi connectivity index (χ4n) is 3.06. The zero-order chi connectivity index (χ0) is 18.6. The summed E-state index contributed by atoms with van der Waals surface area (Å²) in [6.07, 6.45) is 1.99. The Morgan fingerprint density at radius 1 is 1.15 bits per heavy atom. The van der Waals surface area contributed by atoms with Crippen LogP contribution in [0.4, 0.5) is 5.69 Å². The summed E-state index contributed by atoms with van der Waals surface area (Å²) in [4.78, 5) is 14.4. The van der Waals surface area contributed by atoms with Gasteiger partial charge in [-0.25, -0.2) is 13.1 Å². The fraction of sp³-hybridized carbons (Fsp3) is 0.316. The molecule has 0 spiro atoms. The van der Waals surface area contributed by atoms with Gasteiger partial charge in [0.2, 0.25) is 15.9 Å². The molecule has 138 valence electrons. The molecule has 0 fully saturated rings. The number of carbonyl (C=O) groups excluding carboxylic acids is 1. The SMILES string of the molecule is COc1ccc(S(=O)(=O)NCCC(=O)N2CCCc3ccccc32)cc1. The van der Waals surface area contributed by atoms with Gasteiger partial charge in [0, 0.05) is 25.2 Å². The minimum absolute atomic E-state index is 0.0614. The molecular weight excluding hydrogens is 352 g/mol. The Hall–Kier alpha value is -2.38. The Morgan fingerprint density at radius 2 is 1.88 bits per heavy atom. The monoisotopic (exact) mass is 374 g/mol. The molecule has 0 saturated carbocycles. The van der Waals surface area contributed by atoms with E-state index in [1.165, 1.54) is 19.2 Å². The first kappa shape index (κ1) is 18.4. The Morgan fingerprint density at radius 3 is 2.62 bits per heavy atom. The number of hydrogen-bond donors (Lipinski definition) is 1. The van der Waals surface area contributed by atoms with Gasteiger partial charge in [-0.3, -0.25) is 4.79 Å².